The van der Waals surface area contributed by atoms with Crippen molar-refractivity contribution in [3.8, 4) is 11.5 Å². The number of carbonyl (C=O) groups excluding carboxylic acids is 2. The van der Waals surface area contributed by atoms with Crippen LogP contribution < -0.4 is 20.2 Å². The highest BCUT2D eigenvalue weighted by Gasteiger charge is 2.07. The molecule has 0 aliphatic heterocycles. The minimum atomic E-state index is -0.357. The van der Waals surface area contributed by atoms with E-state index in [2.05, 4.69) is 31.8 Å². The molecule has 0 heterocycles. The van der Waals surface area contributed by atoms with Crippen LogP contribution in [-0.4, -0.2) is 32.2 Å². The normalized spacial score (nSPS) is 10.5. The van der Waals surface area contributed by atoms with Crippen molar-refractivity contribution in [3.05, 3.63) is 52.5 Å². The Kier molecular flexibility index (Phi) is 7.81. The first-order chi connectivity index (χ1) is 13.0. The van der Waals surface area contributed by atoms with E-state index in [1.54, 1.807) is 37.4 Å². The molecule has 2 aromatic carbocycles. The zero-order valence-corrected chi connectivity index (χ0v) is 16.6. The number of halogens is 1. The average molecular weight is 434 g/mol. The highest BCUT2D eigenvalue weighted by atomic mass is 79.9. The number of hydrogen-bond donors (Lipinski definition) is 2. The number of nitrogens with one attached hydrogen (secondary N) is 2. The predicted octanol–water partition coefficient (Wildman–Crippen LogP) is 3.34. The van der Waals surface area contributed by atoms with E-state index in [9.17, 15) is 9.59 Å². The van der Waals surface area contributed by atoms with Gasteiger partial charge in [0.2, 0.25) is 11.8 Å². The van der Waals surface area contributed by atoms with Crippen LogP contribution in [0.5, 0.6) is 11.5 Å². The molecule has 7 nitrogen and oxygen atoms in total. The number of hydrogen-bond acceptors (Lipinski definition) is 5. The first-order valence-electron chi connectivity index (χ1n) is 8.11. The Morgan fingerprint density at radius 3 is 2.41 bits per heavy atom. The molecule has 0 aromatic heterocycles. The Balaban J connectivity index is 1.79. The zero-order valence-electron chi connectivity index (χ0n) is 15.0. The predicted molar refractivity (Wildman–Crippen MR) is 107 cm³/mol. The molecule has 0 atom stereocenters. The monoisotopic (exact) mass is 433 g/mol. The number of nitrogens with zero attached hydrogens (tertiary/aromatic N) is 1. The van der Waals surface area contributed by atoms with Gasteiger partial charge in [-0.15, -0.1) is 0 Å². The Bertz CT molecular complexity index is 822. The van der Waals surface area contributed by atoms with Gasteiger partial charge in [-0.2, -0.15) is 5.10 Å². The van der Waals surface area contributed by atoms with Gasteiger partial charge in [0.15, 0.2) is 0 Å². The van der Waals surface area contributed by atoms with Gasteiger partial charge in [0, 0.05) is 34.6 Å². The van der Waals surface area contributed by atoms with Crippen molar-refractivity contribution in [2.24, 2.45) is 5.10 Å². The molecule has 0 saturated carbocycles. The van der Waals surface area contributed by atoms with Gasteiger partial charge >= 0.3 is 0 Å². The fourth-order valence-corrected chi connectivity index (χ4v) is 2.40. The van der Waals surface area contributed by atoms with Crippen LogP contribution in [0, 0.1) is 0 Å². The molecule has 0 fully saturated rings. The van der Waals surface area contributed by atoms with Crippen LogP contribution in [0.1, 0.15) is 18.4 Å². The third-order valence-corrected chi connectivity index (χ3v) is 4.07. The first kappa shape index (κ1) is 20.4. The molecular weight excluding hydrogens is 414 g/mol. The smallest absolute Gasteiger partial charge is 0.240 e. The molecule has 2 aromatic rings. The summed E-state index contributed by atoms with van der Waals surface area (Å²) >= 11 is 3.33. The highest BCUT2D eigenvalue weighted by Crippen LogP contribution is 2.23. The largest absolute Gasteiger partial charge is 0.497 e. The van der Waals surface area contributed by atoms with Gasteiger partial charge in [-0.1, -0.05) is 15.9 Å². The minimum absolute atomic E-state index is 0.0272. The number of hydrazone groups is 1. The maximum atomic E-state index is 11.9. The second-order valence-corrected chi connectivity index (χ2v) is 6.37. The maximum Gasteiger partial charge on any atom is 0.240 e. The van der Waals surface area contributed by atoms with Crippen molar-refractivity contribution in [1.29, 1.82) is 0 Å². The van der Waals surface area contributed by atoms with Crippen molar-refractivity contribution in [2.45, 2.75) is 12.8 Å². The second-order valence-electron chi connectivity index (χ2n) is 5.46. The van der Waals surface area contributed by atoms with Gasteiger partial charge < -0.3 is 14.8 Å². The Morgan fingerprint density at radius 2 is 1.74 bits per heavy atom. The lowest BCUT2D eigenvalue weighted by Gasteiger charge is -2.07. The maximum absolute atomic E-state index is 11.9. The molecule has 27 heavy (non-hydrogen) atoms. The van der Waals surface area contributed by atoms with Crippen LogP contribution in [0.4, 0.5) is 5.69 Å². The summed E-state index contributed by atoms with van der Waals surface area (Å²) in [6, 6.07) is 12.4. The summed E-state index contributed by atoms with van der Waals surface area (Å²) in [5, 5.41) is 6.62. The number of amides is 2. The summed E-state index contributed by atoms with van der Waals surface area (Å²) in [6.07, 6.45) is 1.56. The van der Waals surface area contributed by atoms with Crippen molar-refractivity contribution in [1.82, 2.24) is 5.43 Å². The number of rotatable bonds is 8. The standard InChI is InChI=1S/C19H20BrN3O4/c1-26-16-8-3-13(17(11-16)27-2)12-21-23-19(25)10-9-18(24)22-15-6-4-14(20)5-7-15/h3-8,11-12H,9-10H2,1-2H3,(H,22,24)(H,23,25)/b21-12-. The van der Waals surface area contributed by atoms with Gasteiger partial charge in [0.1, 0.15) is 11.5 Å². The number of carbonyl (C=O) groups is 2. The lowest BCUT2D eigenvalue weighted by Crippen LogP contribution is -2.20. The van der Waals surface area contributed by atoms with Crippen LogP contribution in [-0.2, 0) is 9.59 Å². The second kappa shape index (κ2) is 10.3. The third kappa shape index (κ3) is 6.74. The summed E-state index contributed by atoms with van der Waals surface area (Å²) in [6.45, 7) is 0. The van der Waals surface area contributed by atoms with Crippen LogP contribution >= 0.6 is 15.9 Å². The summed E-state index contributed by atoms with van der Waals surface area (Å²) in [4.78, 5) is 23.7. The van der Waals surface area contributed by atoms with E-state index in [1.165, 1.54) is 13.3 Å². The zero-order chi connectivity index (χ0) is 19.6. The van der Waals surface area contributed by atoms with Crippen molar-refractivity contribution in [2.75, 3.05) is 19.5 Å². The van der Waals surface area contributed by atoms with Crippen LogP contribution in [0.3, 0.4) is 0 Å². The average Bonchev–Trinajstić information content (AvgIpc) is 2.68. The summed E-state index contributed by atoms with van der Waals surface area (Å²) in [7, 11) is 3.10. The highest BCUT2D eigenvalue weighted by molar-refractivity contribution is 9.10. The van der Waals surface area contributed by atoms with E-state index in [1.807, 2.05) is 12.1 Å². The van der Waals surface area contributed by atoms with E-state index in [0.29, 0.717) is 22.7 Å². The lowest BCUT2D eigenvalue weighted by molar-refractivity contribution is -0.124. The Labute approximate surface area is 165 Å². The molecule has 0 saturated heterocycles. The fraction of sp³-hybridized carbons (Fsp3) is 0.211. The van der Waals surface area contributed by atoms with Crippen LogP contribution in [0.15, 0.2) is 52.0 Å². The topological polar surface area (TPSA) is 89.0 Å². The van der Waals surface area contributed by atoms with Gasteiger partial charge in [-0.3, -0.25) is 9.59 Å². The molecule has 0 radical (unpaired) electrons. The quantitative estimate of drug-likeness (QED) is 0.493. The third-order valence-electron chi connectivity index (χ3n) is 3.54. The number of methoxy groups -OCH3 is 2. The molecule has 8 heteroatoms. The molecule has 0 unspecified atom stereocenters. The summed E-state index contributed by atoms with van der Waals surface area (Å²) in [5.74, 6) is 0.629. The molecule has 0 aliphatic rings. The van der Waals surface area contributed by atoms with Crippen molar-refractivity contribution in [3.63, 3.8) is 0 Å². The fourth-order valence-electron chi connectivity index (χ4n) is 2.14. The summed E-state index contributed by atoms with van der Waals surface area (Å²) < 4.78 is 11.3. The van der Waals surface area contributed by atoms with E-state index in [4.69, 9.17) is 9.47 Å². The number of ether oxygens (including phenoxy) is 2. The van der Waals surface area contributed by atoms with Gasteiger partial charge in [-0.25, -0.2) is 5.43 Å². The molecule has 0 aliphatic carbocycles. The number of benzene rings is 2. The molecule has 2 N–H and O–H groups in total. The van der Waals surface area contributed by atoms with Crippen molar-refractivity contribution < 1.29 is 19.1 Å². The van der Waals surface area contributed by atoms with Gasteiger partial charge in [-0.05, 0) is 36.4 Å². The minimum Gasteiger partial charge on any atom is -0.497 e. The van der Waals surface area contributed by atoms with E-state index in [-0.39, 0.29) is 24.7 Å². The van der Waals surface area contributed by atoms with Crippen LogP contribution in [0.2, 0.25) is 0 Å². The molecule has 0 bridgehead atoms. The van der Waals surface area contributed by atoms with E-state index in [0.717, 1.165) is 4.47 Å². The van der Waals surface area contributed by atoms with E-state index < -0.39 is 0 Å². The summed E-state index contributed by atoms with van der Waals surface area (Å²) in [5.41, 5.74) is 3.76. The Hall–Kier alpha value is -2.87. The SMILES string of the molecule is COc1ccc(/C=N\NC(=O)CCC(=O)Nc2ccc(Br)cc2)c(OC)c1. The molecular formula is C19H20BrN3O4. The Morgan fingerprint density at radius 1 is 1.04 bits per heavy atom. The molecule has 2 amide bonds. The van der Waals surface area contributed by atoms with Crippen LogP contribution in [0.25, 0.3) is 0 Å². The van der Waals surface area contributed by atoms with Gasteiger partial charge in [0.25, 0.3) is 0 Å². The molecule has 142 valence electrons. The lowest BCUT2D eigenvalue weighted by atomic mass is 10.2. The molecule has 0 spiro atoms. The van der Waals surface area contributed by atoms with Crippen molar-refractivity contribution >= 4 is 39.6 Å². The van der Waals surface area contributed by atoms with E-state index >= 15 is 0 Å². The molecule has 2 rings (SSSR count). The van der Waals surface area contributed by atoms with Gasteiger partial charge in [0.05, 0.1) is 20.4 Å². The number of anilines is 1. The first-order valence-corrected chi connectivity index (χ1v) is 8.90.